The smallest absolute Gasteiger partial charge is 0.257 e. The summed E-state index contributed by atoms with van der Waals surface area (Å²) in [6.45, 7) is 1.88. The lowest BCUT2D eigenvalue weighted by Gasteiger charge is -2.15. The van der Waals surface area contributed by atoms with Gasteiger partial charge in [-0.3, -0.25) is 10.1 Å². The average Bonchev–Trinajstić information content (AvgIpc) is 2.83. The van der Waals surface area contributed by atoms with Crippen LogP contribution in [0.4, 0.5) is 5.13 Å². The molecule has 1 aliphatic rings. The van der Waals surface area contributed by atoms with Gasteiger partial charge >= 0.3 is 0 Å². The number of fused-ring (bicyclic) bond motifs is 1. The number of hydrogen-bond acceptors (Lipinski definition) is 4. The van der Waals surface area contributed by atoms with Crippen LogP contribution in [-0.4, -0.2) is 16.9 Å². The van der Waals surface area contributed by atoms with Gasteiger partial charge in [0.2, 0.25) is 0 Å². The molecule has 2 aromatic rings. The third-order valence-electron chi connectivity index (χ3n) is 3.62. The monoisotopic (exact) mass is 321 g/mol. The first-order valence-electron chi connectivity index (χ1n) is 6.84. The summed E-state index contributed by atoms with van der Waals surface area (Å²) < 4.78 is 0. The molecule has 1 heterocycles. The molecular formula is C15H16ClN3OS. The predicted octanol–water partition coefficient (Wildman–Crippen LogP) is 3.17. The molecule has 1 aliphatic carbocycles. The first kappa shape index (κ1) is 14.5. The molecule has 1 aromatic heterocycles. The van der Waals surface area contributed by atoms with E-state index in [4.69, 9.17) is 17.3 Å². The Balaban J connectivity index is 1.77. The fourth-order valence-corrected chi connectivity index (χ4v) is 3.62. The molecule has 0 radical (unpaired) electrons. The maximum atomic E-state index is 12.2. The number of anilines is 1. The van der Waals surface area contributed by atoms with Gasteiger partial charge in [-0.05, 0) is 49.9 Å². The van der Waals surface area contributed by atoms with Crippen molar-refractivity contribution in [2.24, 2.45) is 5.73 Å². The number of aromatic nitrogens is 1. The van der Waals surface area contributed by atoms with Crippen molar-refractivity contribution in [2.45, 2.75) is 32.2 Å². The summed E-state index contributed by atoms with van der Waals surface area (Å²) in [6, 6.07) is 5.44. The van der Waals surface area contributed by atoms with Gasteiger partial charge in [0, 0.05) is 21.5 Å². The van der Waals surface area contributed by atoms with E-state index in [1.54, 1.807) is 18.2 Å². The number of thiazole rings is 1. The molecule has 0 unspecified atom stereocenters. The van der Waals surface area contributed by atoms with E-state index in [1.807, 2.05) is 6.92 Å². The van der Waals surface area contributed by atoms with Crippen molar-refractivity contribution in [3.05, 3.63) is 44.9 Å². The lowest BCUT2D eigenvalue weighted by Crippen LogP contribution is -2.27. The Labute approximate surface area is 132 Å². The van der Waals surface area contributed by atoms with E-state index in [9.17, 15) is 4.79 Å². The van der Waals surface area contributed by atoms with Crippen LogP contribution in [0.25, 0.3) is 0 Å². The average molecular weight is 322 g/mol. The highest BCUT2D eigenvalue weighted by Gasteiger charge is 2.21. The first-order chi connectivity index (χ1) is 10.0. The standard InChI is InChI=1S/C15H16ClN3OS/c1-8-6-9(2-4-11(8)16)14(20)19-15-18-12-5-3-10(17)7-13(12)21-15/h2,4,6,10H,3,5,7,17H2,1H3,(H,18,19,20)/t10-/m0/s1. The summed E-state index contributed by atoms with van der Waals surface area (Å²) in [5, 5.41) is 4.16. The van der Waals surface area contributed by atoms with E-state index in [0.717, 1.165) is 30.5 Å². The van der Waals surface area contributed by atoms with E-state index in [0.29, 0.717) is 15.7 Å². The van der Waals surface area contributed by atoms with E-state index in [-0.39, 0.29) is 11.9 Å². The Morgan fingerprint density at radius 3 is 3.10 bits per heavy atom. The van der Waals surface area contributed by atoms with Crippen LogP contribution >= 0.6 is 22.9 Å². The Hall–Kier alpha value is -1.43. The number of aryl methyl sites for hydroxylation is 2. The molecule has 0 saturated carbocycles. The summed E-state index contributed by atoms with van der Waals surface area (Å²) >= 11 is 7.49. The van der Waals surface area contributed by atoms with Crippen LogP contribution in [-0.2, 0) is 12.8 Å². The number of hydrogen-bond donors (Lipinski definition) is 2. The van der Waals surface area contributed by atoms with Crippen LogP contribution in [0.2, 0.25) is 5.02 Å². The number of nitrogens with two attached hydrogens (primary N) is 1. The highest BCUT2D eigenvalue weighted by molar-refractivity contribution is 7.15. The molecule has 0 aliphatic heterocycles. The second-order valence-corrected chi connectivity index (χ2v) is 6.80. The Morgan fingerprint density at radius 2 is 2.33 bits per heavy atom. The van der Waals surface area contributed by atoms with Crippen LogP contribution in [0.5, 0.6) is 0 Å². The molecule has 3 N–H and O–H groups in total. The molecule has 0 bridgehead atoms. The third kappa shape index (κ3) is 3.10. The topological polar surface area (TPSA) is 68.0 Å². The lowest BCUT2D eigenvalue weighted by atomic mass is 9.99. The van der Waals surface area contributed by atoms with Gasteiger partial charge in [0.25, 0.3) is 5.91 Å². The highest BCUT2D eigenvalue weighted by Crippen LogP contribution is 2.29. The van der Waals surface area contributed by atoms with Gasteiger partial charge in [0.15, 0.2) is 5.13 Å². The van der Waals surface area contributed by atoms with Crippen molar-refractivity contribution < 1.29 is 4.79 Å². The maximum Gasteiger partial charge on any atom is 0.257 e. The number of nitrogens with zero attached hydrogens (tertiary/aromatic N) is 1. The second-order valence-electron chi connectivity index (χ2n) is 5.31. The zero-order valence-corrected chi connectivity index (χ0v) is 13.2. The second kappa shape index (κ2) is 5.75. The molecule has 0 spiro atoms. The molecule has 4 nitrogen and oxygen atoms in total. The SMILES string of the molecule is Cc1cc(C(=O)Nc2nc3c(s2)C[C@@H](N)CC3)ccc1Cl. The van der Waals surface area contributed by atoms with Crippen molar-refractivity contribution in [1.29, 1.82) is 0 Å². The lowest BCUT2D eigenvalue weighted by molar-refractivity contribution is 0.102. The summed E-state index contributed by atoms with van der Waals surface area (Å²) in [5.41, 5.74) is 8.50. The quantitative estimate of drug-likeness (QED) is 0.892. The van der Waals surface area contributed by atoms with Crippen molar-refractivity contribution in [3.8, 4) is 0 Å². The zero-order valence-electron chi connectivity index (χ0n) is 11.6. The summed E-state index contributed by atoms with van der Waals surface area (Å²) in [7, 11) is 0. The van der Waals surface area contributed by atoms with Crippen molar-refractivity contribution in [1.82, 2.24) is 4.98 Å². The number of nitrogens with one attached hydrogen (secondary N) is 1. The number of amides is 1. The molecule has 1 aromatic carbocycles. The molecule has 6 heteroatoms. The first-order valence-corrected chi connectivity index (χ1v) is 8.04. The van der Waals surface area contributed by atoms with Gasteiger partial charge in [-0.25, -0.2) is 4.98 Å². The molecule has 110 valence electrons. The van der Waals surface area contributed by atoms with E-state index >= 15 is 0 Å². The van der Waals surface area contributed by atoms with E-state index < -0.39 is 0 Å². The van der Waals surface area contributed by atoms with Gasteiger partial charge < -0.3 is 5.73 Å². The van der Waals surface area contributed by atoms with Gasteiger partial charge in [-0.2, -0.15) is 0 Å². The number of benzene rings is 1. The van der Waals surface area contributed by atoms with Crippen LogP contribution < -0.4 is 11.1 Å². The minimum atomic E-state index is -0.162. The Bertz CT molecular complexity index is 698. The number of rotatable bonds is 2. The number of halogens is 1. The van der Waals surface area contributed by atoms with Crippen molar-refractivity contribution in [3.63, 3.8) is 0 Å². The van der Waals surface area contributed by atoms with Gasteiger partial charge in [-0.15, -0.1) is 11.3 Å². The molecule has 1 amide bonds. The fourth-order valence-electron chi connectivity index (χ4n) is 2.41. The number of carbonyl (C=O) groups is 1. The highest BCUT2D eigenvalue weighted by atomic mass is 35.5. The van der Waals surface area contributed by atoms with Gasteiger partial charge in [0.1, 0.15) is 0 Å². The third-order valence-corrected chi connectivity index (χ3v) is 5.08. The van der Waals surface area contributed by atoms with Gasteiger partial charge in [0.05, 0.1) is 5.69 Å². The summed E-state index contributed by atoms with van der Waals surface area (Å²) in [6.07, 6.45) is 2.70. The van der Waals surface area contributed by atoms with Crippen molar-refractivity contribution in [2.75, 3.05) is 5.32 Å². The van der Waals surface area contributed by atoms with Gasteiger partial charge in [-0.1, -0.05) is 11.6 Å². The molecule has 1 atom stereocenters. The minimum Gasteiger partial charge on any atom is -0.327 e. The fraction of sp³-hybridized carbons (Fsp3) is 0.333. The van der Waals surface area contributed by atoms with Crippen LogP contribution in [0, 0.1) is 6.92 Å². The number of carbonyl (C=O) groups excluding carboxylic acids is 1. The van der Waals surface area contributed by atoms with E-state index in [2.05, 4.69) is 10.3 Å². The largest absolute Gasteiger partial charge is 0.327 e. The zero-order chi connectivity index (χ0) is 15.0. The van der Waals surface area contributed by atoms with Crippen LogP contribution in [0.15, 0.2) is 18.2 Å². The Morgan fingerprint density at radius 1 is 1.52 bits per heavy atom. The molecule has 3 rings (SSSR count). The molecule has 21 heavy (non-hydrogen) atoms. The van der Waals surface area contributed by atoms with Crippen LogP contribution in [0.3, 0.4) is 0 Å². The minimum absolute atomic E-state index is 0.162. The summed E-state index contributed by atoms with van der Waals surface area (Å²) in [5.74, 6) is -0.162. The molecular weight excluding hydrogens is 306 g/mol. The summed E-state index contributed by atoms with van der Waals surface area (Å²) in [4.78, 5) is 17.9. The normalized spacial score (nSPS) is 17.4. The maximum absolute atomic E-state index is 12.2. The predicted molar refractivity (Wildman–Crippen MR) is 86.3 cm³/mol. The molecule has 0 fully saturated rings. The van der Waals surface area contributed by atoms with Crippen LogP contribution in [0.1, 0.15) is 32.9 Å². The van der Waals surface area contributed by atoms with E-state index in [1.165, 1.54) is 16.2 Å². The molecule has 0 saturated heterocycles. The van der Waals surface area contributed by atoms with Crippen molar-refractivity contribution >= 4 is 34.0 Å². The Kier molecular flexibility index (Phi) is 3.97.